The third-order valence-electron chi connectivity index (χ3n) is 3.08. The highest BCUT2D eigenvalue weighted by Gasteiger charge is 2.23. The largest absolute Gasteiger partial charge is 0.462 e. The lowest BCUT2D eigenvalue weighted by molar-refractivity contribution is 0.0526. The molecule has 6 nitrogen and oxygen atoms in total. The summed E-state index contributed by atoms with van der Waals surface area (Å²) in [6, 6.07) is 6.91. The van der Waals surface area contributed by atoms with Gasteiger partial charge in [0.2, 0.25) is 0 Å². The quantitative estimate of drug-likeness (QED) is 0.670. The molecule has 1 aromatic carbocycles. The SMILES string of the molecule is CCOC(=O)c1c(C)nn(C)c1NC(=O)c1ccccc1S. The molecule has 0 saturated heterocycles. The molecule has 0 fully saturated rings. The number of ether oxygens (including phenoxy) is 1. The number of nitrogens with zero attached hydrogens (tertiary/aromatic N) is 2. The van der Waals surface area contributed by atoms with Crippen molar-refractivity contribution in [3.63, 3.8) is 0 Å². The summed E-state index contributed by atoms with van der Waals surface area (Å²) < 4.78 is 6.46. The van der Waals surface area contributed by atoms with Crippen LogP contribution < -0.4 is 5.32 Å². The smallest absolute Gasteiger partial charge is 0.343 e. The van der Waals surface area contributed by atoms with Gasteiger partial charge in [-0.1, -0.05) is 12.1 Å². The number of amides is 1. The molecule has 0 spiro atoms. The molecule has 1 heterocycles. The molecule has 116 valence electrons. The first-order valence-electron chi connectivity index (χ1n) is 6.75. The Morgan fingerprint density at radius 3 is 2.68 bits per heavy atom. The zero-order valence-electron chi connectivity index (χ0n) is 12.6. The summed E-state index contributed by atoms with van der Waals surface area (Å²) in [7, 11) is 1.65. The van der Waals surface area contributed by atoms with Crippen LogP contribution in [0, 0.1) is 6.92 Å². The van der Waals surface area contributed by atoms with E-state index in [4.69, 9.17) is 4.74 Å². The first-order chi connectivity index (χ1) is 10.5. The van der Waals surface area contributed by atoms with Crippen LogP contribution in [0.4, 0.5) is 5.82 Å². The molecule has 0 aliphatic carbocycles. The fraction of sp³-hybridized carbons (Fsp3) is 0.267. The van der Waals surface area contributed by atoms with E-state index in [0.29, 0.717) is 22.0 Å². The molecule has 0 atom stereocenters. The van der Waals surface area contributed by atoms with Gasteiger partial charge in [0.15, 0.2) is 0 Å². The van der Waals surface area contributed by atoms with Crippen LogP contribution in [0.2, 0.25) is 0 Å². The van der Waals surface area contributed by atoms with Gasteiger partial charge in [0.25, 0.3) is 5.91 Å². The molecule has 0 radical (unpaired) electrons. The van der Waals surface area contributed by atoms with Gasteiger partial charge in [-0.3, -0.25) is 9.48 Å². The molecule has 22 heavy (non-hydrogen) atoms. The second kappa shape index (κ2) is 6.65. The highest BCUT2D eigenvalue weighted by Crippen LogP contribution is 2.22. The lowest BCUT2D eigenvalue weighted by atomic mass is 10.2. The third kappa shape index (κ3) is 3.14. The van der Waals surface area contributed by atoms with E-state index in [1.165, 1.54) is 4.68 Å². The normalized spacial score (nSPS) is 10.4. The Kier molecular flexibility index (Phi) is 4.87. The fourth-order valence-electron chi connectivity index (χ4n) is 2.09. The summed E-state index contributed by atoms with van der Waals surface area (Å²) in [5.41, 5.74) is 1.17. The first-order valence-corrected chi connectivity index (χ1v) is 7.20. The fourth-order valence-corrected chi connectivity index (χ4v) is 2.35. The monoisotopic (exact) mass is 319 g/mol. The van der Waals surface area contributed by atoms with Gasteiger partial charge in [0, 0.05) is 11.9 Å². The Hall–Kier alpha value is -2.28. The average Bonchev–Trinajstić information content (AvgIpc) is 2.74. The number of benzene rings is 1. The van der Waals surface area contributed by atoms with E-state index in [9.17, 15) is 9.59 Å². The average molecular weight is 319 g/mol. The highest BCUT2D eigenvalue weighted by molar-refractivity contribution is 7.80. The van der Waals surface area contributed by atoms with Crippen LogP contribution in [0.1, 0.15) is 33.3 Å². The Morgan fingerprint density at radius 1 is 1.36 bits per heavy atom. The van der Waals surface area contributed by atoms with E-state index < -0.39 is 5.97 Å². The minimum absolute atomic E-state index is 0.250. The molecule has 0 saturated carbocycles. The maximum atomic E-state index is 12.4. The Bertz CT molecular complexity index is 725. The molecule has 7 heteroatoms. The number of hydrogen-bond acceptors (Lipinski definition) is 5. The number of esters is 1. The standard InChI is InChI=1S/C15H17N3O3S/c1-4-21-15(20)12-9(2)17-18(3)13(12)16-14(19)10-7-5-6-8-11(10)22/h5-8,22H,4H2,1-3H3,(H,16,19). The zero-order valence-corrected chi connectivity index (χ0v) is 13.5. The third-order valence-corrected chi connectivity index (χ3v) is 3.47. The van der Waals surface area contributed by atoms with Gasteiger partial charge in [0.05, 0.1) is 17.9 Å². The van der Waals surface area contributed by atoms with Crippen LogP contribution >= 0.6 is 12.6 Å². The predicted molar refractivity (Wildman–Crippen MR) is 85.5 cm³/mol. The number of anilines is 1. The van der Waals surface area contributed by atoms with Crippen LogP contribution in [-0.2, 0) is 11.8 Å². The summed E-state index contributed by atoms with van der Waals surface area (Å²) in [6.07, 6.45) is 0. The van der Waals surface area contributed by atoms with Crippen molar-refractivity contribution < 1.29 is 14.3 Å². The van der Waals surface area contributed by atoms with Gasteiger partial charge in [-0.15, -0.1) is 12.6 Å². The molecular weight excluding hydrogens is 302 g/mol. The maximum Gasteiger partial charge on any atom is 0.343 e. The van der Waals surface area contributed by atoms with Gasteiger partial charge in [-0.05, 0) is 26.0 Å². The molecular formula is C15H17N3O3S. The number of nitrogens with one attached hydrogen (secondary N) is 1. The topological polar surface area (TPSA) is 73.2 Å². The number of carbonyl (C=O) groups is 2. The Morgan fingerprint density at radius 2 is 2.05 bits per heavy atom. The summed E-state index contributed by atoms with van der Waals surface area (Å²) in [5.74, 6) is -0.570. The molecule has 0 bridgehead atoms. The molecule has 2 aromatic rings. The van der Waals surface area contributed by atoms with E-state index in [2.05, 4.69) is 23.0 Å². The van der Waals surface area contributed by atoms with Crippen molar-refractivity contribution in [3.05, 3.63) is 41.1 Å². The van der Waals surface area contributed by atoms with Gasteiger partial charge >= 0.3 is 5.97 Å². The molecule has 1 amide bonds. The van der Waals surface area contributed by atoms with E-state index >= 15 is 0 Å². The molecule has 2 rings (SSSR count). The van der Waals surface area contributed by atoms with Crippen molar-refractivity contribution in [2.24, 2.45) is 7.05 Å². The molecule has 1 N–H and O–H groups in total. The Labute approximate surface area is 133 Å². The van der Waals surface area contributed by atoms with Crippen LogP contribution in [0.3, 0.4) is 0 Å². The van der Waals surface area contributed by atoms with Crippen LogP contribution in [0.25, 0.3) is 0 Å². The minimum Gasteiger partial charge on any atom is -0.462 e. The van der Waals surface area contributed by atoms with Gasteiger partial charge < -0.3 is 10.1 Å². The summed E-state index contributed by atoms with van der Waals surface area (Å²) in [5, 5.41) is 6.87. The molecule has 0 aliphatic heterocycles. The van der Waals surface area contributed by atoms with E-state index in [1.54, 1.807) is 45.2 Å². The van der Waals surface area contributed by atoms with Crippen molar-refractivity contribution in [2.75, 3.05) is 11.9 Å². The van der Waals surface area contributed by atoms with Crippen molar-refractivity contribution >= 4 is 30.3 Å². The van der Waals surface area contributed by atoms with Crippen molar-refractivity contribution in [1.82, 2.24) is 9.78 Å². The first kappa shape index (κ1) is 16.1. The summed E-state index contributed by atoms with van der Waals surface area (Å²) in [6.45, 7) is 3.66. The van der Waals surface area contributed by atoms with E-state index in [-0.39, 0.29) is 18.1 Å². The van der Waals surface area contributed by atoms with Crippen molar-refractivity contribution in [2.45, 2.75) is 18.7 Å². The number of aromatic nitrogens is 2. The lowest BCUT2D eigenvalue weighted by Crippen LogP contribution is -2.18. The second-order valence-electron chi connectivity index (χ2n) is 4.62. The Balaban J connectivity index is 2.36. The number of carbonyl (C=O) groups excluding carboxylic acids is 2. The lowest BCUT2D eigenvalue weighted by Gasteiger charge is -2.09. The molecule has 0 unspecified atom stereocenters. The van der Waals surface area contributed by atoms with Gasteiger partial charge in [0.1, 0.15) is 11.4 Å². The van der Waals surface area contributed by atoms with E-state index in [1.807, 2.05) is 0 Å². The predicted octanol–water partition coefficient (Wildman–Crippen LogP) is 2.45. The summed E-state index contributed by atoms with van der Waals surface area (Å²) in [4.78, 5) is 25.0. The number of rotatable bonds is 4. The number of hydrogen-bond donors (Lipinski definition) is 2. The molecule has 0 aliphatic rings. The van der Waals surface area contributed by atoms with Crippen molar-refractivity contribution in [3.8, 4) is 0 Å². The van der Waals surface area contributed by atoms with E-state index in [0.717, 1.165) is 0 Å². The highest BCUT2D eigenvalue weighted by atomic mass is 32.1. The minimum atomic E-state index is -0.512. The van der Waals surface area contributed by atoms with Crippen LogP contribution in [0.15, 0.2) is 29.2 Å². The van der Waals surface area contributed by atoms with Gasteiger partial charge in [-0.25, -0.2) is 4.79 Å². The van der Waals surface area contributed by atoms with Gasteiger partial charge in [-0.2, -0.15) is 5.10 Å². The van der Waals surface area contributed by atoms with Crippen molar-refractivity contribution in [1.29, 1.82) is 0 Å². The molecule has 1 aromatic heterocycles. The summed E-state index contributed by atoms with van der Waals surface area (Å²) >= 11 is 4.26. The van der Waals surface area contributed by atoms with Crippen LogP contribution in [0.5, 0.6) is 0 Å². The van der Waals surface area contributed by atoms with Crippen LogP contribution in [-0.4, -0.2) is 28.3 Å². The zero-order chi connectivity index (χ0) is 16.3. The maximum absolute atomic E-state index is 12.4. The number of thiol groups is 1. The second-order valence-corrected chi connectivity index (χ2v) is 5.11. The number of aryl methyl sites for hydroxylation is 2.